The number of ether oxygens (including phenoxy) is 1. The van der Waals surface area contributed by atoms with Gasteiger partial charge in [0.05, 0.1) is 7.11 Å². The molecule has 1 N–H and O–H groups in total. The molecule has 0 saturated carbocycles. The second-order valence-electron chi connectivity index (χ2n) is 4.32. The molecule has 0 saturated heterocycles. The number of nitrogens with one attached hydrogen (secondary N) is 1. The van der Waals surface area contributed by atoms with Gasteiger partial charge in [0.15, 0.2) is 0 Å². The SMILES string of the molecule is CCNCc1ccc(-c2ccc(OC)cc2)cc1Cl. The van der Waals surface area contributed by atoms with Crippen molar-refractivity contribution < 1.29 is 4.74 Å². The van der Waals surface area contributed by atoms with Crippen molar-refractivity contribution in [3.05, 3.63) is 53.1 Å². The molecule has 19 heavy (non-hydrogen) atoms. The molecular formula is C16H18ClNO. The van der Waals surface area contributed by atoms with Crippen molar-refractivity contribution in [3.63, 3.8) is 0 Å². The first kappa shape index (κ1) is 13.9. The Labute approximate surface area is 119 Å². The molecule has 0 atom stereocenters. The zero-order valence-electron chi connectivity index (χ0n) is 11.2. The smallest absolute Gasteiger partial charge is 0.118 e. The van der Waals surface area contributed by atoms with Crippen LogP contribution < -0.4 is 10.1 Å². The summed E-state index contributed by atoms with van der Waals surface area (Å²) in [6.07, 6.45) is 0. The fourth-order valence-electron chi connectivity index (χ4n) is 1.91. The summed E-state index contributed by atoms with van der Waals surface area (Å²) in [4.78, 5) is 0. The van der Waals surface area contributed by atoms with E-state index in [1.54, 1.807) is 7.11 Å². The Morgan fingerprint density at radius 1 is 1.05 bits per heavy atom. The molecule has 0 aliphatic rings. The summed E-state index contributed by atoms with van der Waals surface area (Å²) >= 11 is 6.31. The fourth-order valence-corrected chi connectivity index (χ4v) is 2.16. The summed E-state index contributed by atoms with van der Waals surface area (Å²) < 4.78 is 5.16. The summed E-state index contributed by atoms with van der Waals surface area (Å²) in [6, 6.07) is 14.2. The van der Waals surface area contributed by atoms with Crippen molar-refractivity contribution in [2.45, 2.75) is 13.5 Å². The van der Waals surface area contributed by atoms with E-state index in [9.17, 15) is 0 Å². The largest absolute Gasteiger partial charge is 0.497 e. The Kier molecular flexibility index (Phi) is 4.83. The maximum absolute atomic E-state index is 6.31. The van der Waals surface area contributed by atoms with E-state index in [0.717, 1.165) is 40.6 Å². The van der Waals surface area contributed by atoms with Crippen LogP contribution in [0.15, 0.2) is 42.5 Å². The van der Waals surface area contributed by atoms with Crippen LogP contribution in [0.25, 0.3) is 11.1 Å². The lowest BCUT2D eigenvalue weighted by molar-refractivity contribution is 0.415. The highest BCUT2D eigenvalue weighted by Gasteiger charge is 2.03. The molecule has 0 bridgehead atoms. The second kappa shape index (κ2) is 6.60. The van der Waals surface area contributed by atoms with Crippen molar-refractivity contribution in [1.29, 1.82) is 0 Å². The van der Waals surface area contributed by atoms with E-state index in [1.165, 1.54) is 0 Å². The van der Waals surface area contributed by atoms with E-state index >= 15 is 0 Å². The third-order valence-electron chi connectivity index (χ3n) is 3.04. The molecule has 0 amide bonds. The average molecular weight is 276 g/mol. The molecule has 0 spiro atoms. The van der Waals surface area contributed by atoms with Gasteiger partial charge >= 0.3 is 0 Å². The highest BCUT2D eigenvalue weighted by atomic mass is 35.5. The summed E-state index contributed by atoms with van der Waals surface area (Å²) in [7, 11) is 1.67. The number of halogens is 1. The van der Waals surface area contributed by atoms with Gasteiger partial charge in [0, 0.05) is 11.6 Å². The molecule has 2 aromatic rings. The maximum Gasteiger partial charge on any atom is 0.118 e. The first-order valence-electron chi connectivity index (χ1n) is 6.38. The zero-order valence-corrected chi connectivity index (χ0v) is 12.0. The molecule has 0 radical (unpaired) electrons. The van der Waals surface area contributed by atoms with Crippen LogP contribution >= 0.6 is 11.6 Å². The Hall–Kier alpha value is -1.51. The van der Waals surface area contributed by atoms with E-state index in [2.05, 4.69) is 24.4 Å². The van der Waals surface area contributed by atoms with Crippen LogP contribution in [0.2, 0.25) is 5.02 Å². The maximum atomic E-state index is 6.31. The van der Waals surface area contributed by atoms with Crippen LogP contribution in [0.5, 0.6) is 5.75 Å². The normalized spacial score (nSPS) is 10.5. The molecule has 0 unspecified atom stereocenters. The van der Waals surface area contributed by atoms with E-state index in [-0.39, 0.29) is 0 Å². The van der Waals surface area contributed by atoms with Crippen LogP contribution in [-0.4, -0.2) is 13.7 Å². The van der Waals surface area contributed by atoms with Crippen LogP contribution in [0, 0.1) is 0 Å². The van der Waals surface area contributed by atoms with Gasteiger partial charge in [-0.15, -0.1) is 0 Å². The third kappa shape index (κ3) is 3.49. The lowest BCUT2D eigenvalue weighted by Gasteiger charge is -2.08. The Bertz CT molecular complexity index is 537. The molecule has 0 aromatic heterocycles. The molecule has 100 valence electrons. The Morgan fingerprint density at radius 3 is 2.32 bits per heavy atom. The topological polar surface area (TPSA) is 21.3 Å². The number of hydrogen-bond acceptors (Lipinski definition) is 2. The second-order valence-corrected chi connectivity index (χ2v) is 4.72. The lowest BCUT2D eigenvalue weighted by atomic mass is 10.0. The number of rotatable bonds is 5. The summed E-state index contributed by atoms with van der Waals surface area (Å²) in [5.74, 6) is 0.860. The summed E-state index contributed by atoms with van der Waals surface area (Å²) in [6.45, 7) is 3.83. The van der Waals surface area contributed by atoms with Gasteiger partial charge in [-0.25, -0.2) is 0 Å². The summed E-state index contributed by atoms with van der Waals surface area (Å²) in [5, 5.41) is 4.08. The fraction of sp³-hybridized carbons (Fsp3) is 0.250. The van der Waals surface area contributed by atoms with Crippen molar-refractivity contribution >= 4 is 11.6 Å². The standard InChI is InChI=1S/C16H18ClNO/c1-3-18-11-14-5-4-13(10-16(14)17)12-6-8-15(19-2)9-7-12/h4-10,18H,3,11H2,1-2H3. The van der Waals surface area contributed by atoms with Gasteiger partial charge < -0.3 is 10.1 Å². The van der Waals surface area contributed by atoms with E-state index in [1.807, 2.05) is 30.3 Å². The van der Waals surface area contributed by atoms with Crippen molar-refractivity contribution in [3.8, 4) is 16.9 Å². The van der Waals surface area contributed by atoms with Crippen LogP contribution in [0.4, 0.5) is 0 Å². The first-order chi connectivity index (χ1) is 9.24. The molecule has 2 aromatic carbocycles. The van der Waals surface area contributed by atoms with Crippen LogP contribution in [0.1, 0.15) is 12.5 Å². The molecule has 3 heteroatoms. The molecule has 0 heterocycles. The minimum atomic E-state index is 0.800. The van der Waals surface area contributed by atoms with Crippen molar-refractivity contribution in [1.82, 2.24) is 5.32 Å². The van der Waals surface area contributed by atoms with Gasteiger partial charge in [0.1, 0.15) is 5.75 Å². The average Bonchev–Trinajstić information content (AvgIpc) is 2.46. The number of methoxy groups -OCH3 is 1. The predicted molar refractivity (Wildman–Crippen MR) is 80.8 cm³/mol. The molecule has 0 aliphatic carbocycles. The Morgan fingerprint density at radius 2 is 1.74 bits per heavy atom. The zero-order chi connectivity index (χ0) is 13.7. The highest BCUT2D eigenvalue weighted by Crippen LogP contribution is 2.27. The van der Waals surface area contributed by atoms with Gasteiger partial charge in [-0.05, 0) is 41.4 Å². The molecule has 2 nitrogen and oxygen atoms in total. The van der Waals surface area contributed by atoms with Crippen molar-refractivity contribution in [2.24, 2.45) is 0 Å². The van der Waals surface area contributed by atoms with Gasteiger partial charge in [-0.1, -0.05) is 42.8 Å². The van der Waals surface area contributed by atoms with Gasteiger partial charge in [0.25, 0.3) is 0 Å². The third-order valence-corrected chi connectivity index (χ3v) is 3.39. The Balaban J connectivity index is 2.22. The molecule has 0 fully saturated rings. The van der Waals surface area contributed by atoms with E-state index < -0.39 is 0 Å². The number of benzene rings is 2. The molecular weight excluding hydrogens is 258 g/mol. The van der Waals surface area contributed by atoms with Gasteiger partial charge in [0.2, 0.25) is 0 Å². The van der Waals surface area contributed by atoms with E-state index in [0.29, 0.717) is 0 Å². The van der Waals surface area contributed by atoms with Gasteiger partial charge in [-0.3, -0.25) is 0 Å². The molecule has 2 rings (SSSR count). The number of hydrogen-bond donors (Lipinski definition) is 1. The predicted octanol–water partition coefficient (Wildman–Crippen LogP) is 4.13. The van der Waals surface area contributed by atoms with Gasteiger partial charge in [-0.2, -0.15) is 0 Å². The quantitative estimate of drug-likeness (QED) is 0.886. The minimum absolute atomic E-state index is 0.800. The monoisotopic (exact) mass is 275 g/mol. The van der Waals surface area contributed by atoms with Crippen LogP contribution in [0.3, 0.4) is 0 Å². The van der Waals surface area contributed by atoms with Crippen molar-refractivity contribution in [2.75, 3.05) is 13.7 Å². The highest BCUT2D eigenvalue weighted by molar-refractivity contribution is 6.31. The molecule has 0 aliphatic heterocycles. The summed E-state index contributed by atoms with van der Waals surface area (Å²) in [5.41, 5.74) is 3.38. The lowest BCUT2D eigenvalue weighted by Crippen LogP contribution is -2.11. The first-order valence-corrected chi connectivity index (χ1v) is 6.76. The minimum Gasteiger partial charge on any atom is -0.497 e. The van der Waals surface area contributed by atoms with E-state index in [4.69, 9.17) is 16.3 Å². The van der Waals surface area contributed by atoms with Crippen LogP contribution in [-0.2, 0) is 6.54 Å².